The molecule has 0 radical (unpaired) electrons. The van der Waals surface area contributed by atoms with Crippen molar-refractivity contribution < 1.29 is 13.3 Å². The fourth-order valence-corrected chi connectivity index (χ4v) is 25.6. The van der Waals surface area contributed by atoms with Crippen LogP contribution in [0.25, 0.3) is 277 Å². The second kappa shape index (κ2) is 33.6. The Morgan fingerprint density at radius 3 is 0.943 bits per heavy atom. The van der Waals surface area contributed by atoms with Crippen molar-refractivity contribution >= 4 is 193 Å². The summed E-state index contributed by atoms with van der Waals surface area (Å²) in [5.74, 6) is 0. The minimum absolute atomic E-state index is 0.897. The molecule has 0 fully saturated rings. The zero-order valence-electron chi connectivity index (χ0n) is 76.1. The average Bonchev–Trinajstić information content (AvgIpc) is 1.56. The van der Waals surface area contributed by atoms with E-state index in [1.807, 2.05) is 34.0 Å². The second-order valence-corrected chi connectivity index (χ2v) is 39.5. The number of para-hydroxylation sites is 7. The van der Waals surface area contributed by atoms with Crippen molar-refractivity contribution in [2.45, 2.75) is 0 Å². The van der Waals surface area contributed by atoms with Gasteiger partial charge in [-0.2, -0.15) is 0 Å². The molecule has 0 unspecified atom stereocenters. The van der Waals surface area contributed by atoms with Gasteiger partial charge in [-0.25, -0.2) is 0 Å². The first-order valence-electron chi connectivity index (χ1n) is 47.8. The predicted octanol–water partition coefficient (Wildman–Crippen LogP) is 38.7. The van der Waals surface area contributed by atoms with Crippen LogP contribution < -0.4 is 0 Å². The summed E-state index contributed by atoms with van der Waals surface area (Å²) in [6.07, 6.45) is 0. The van der Waals surface area contributed by atoms with Gasteiger partial charge >= 0.3 is 0 Å². The standard InChI is InChI=1S/3C44H27NOS/c1-3-13-28(14-4-1)34-22-11-23-36-40-32(20-12-26-39(40)47-44(34)36)29-15-9-16-30(27-29)33-21-10-24-37-41-43(46-42(33)37)35-19-7-8-25-38(35)45(41)31-17-5-2-6-18-31;1-3-12-28(13-4-1)33-19-10-21-35-36-22-11-20-34(44(36)47-43(33)35)31-15-9-14-29(26-31)30-24-25-38-40(27-30)46-42-37-18-7-8-23-39(37)45(41(38)42)32-16-5-2-6-17-32;1-3-10-28(11-4-1)32-18-21-35-36-22-19-33(27-42(36)47-41(35)26-32)30-13-9-12-29(24-30)31-20-23-38-40(25-31)46-44-37-16-7-8-17-39(37)45(43(38)44)34-14-5-2-6-15-34/h3*1-27H. The molecule has 6 nitrogen and oxygen atoms in total. The van der Waals surface area contributed by atoms with Gasteiger partial charge in [0, 0.05) is 115 Å². The van der Waals surface area contributed by atoms with Crippen LogP contribution in [-0.4, -0.2) is 13.7 Å². The van der Waals surface area contributed by atoms with Crippen molar-refractivity contribution in [2.24, 2.45) is 0 Å². The Kier molecular flexibility index (Phi) is 19.5. The van der Waals surface area contributed by atoms with Gasteiger partial charge in [0.1, 0.15) is 33.3 Å². The number of rotatable bonds is 12. The molecule has 0 N–H and O–H groups in total. The van der Waals surface area contributed by atoms with E-state index in [2.05, 4.69) is 505 Å². The van der Waals surface area contributed by atoms with Crippen molar-refractivity contribution in [3.63, 3.8) is 0 Å². The molecule has 9 aromatic heterocycles. The highest BCUT2D eigenvalue weighted by Crippen LogP contribution is 2.51. The Balaban J connectivity index is 0.000000104. The van der Waals surface area contributed by atoms with E-state index >= 15 is 0 Å². The van der Waals surface area contributed by atoms with Crippen molar-refractivity contribution in [2.75, 3.05) is 0 Å². The number of thiophene rings is 3. The number of aromatic nitrogens is 3. The first-order chi connectivity index (χ1) is 69.9. The molecule has 0 saturated heterocycles. The minimum atomic E-state index is 0.897. The molecule has 21 aromatic carbocycles. The third-order valence-corrected chi connectivity index (χ3v) is 31.8. The minimum Gasteiger partial charge on any atom is -0.454 e. The summed E-state index contributed by atoms with van der Waals surface area (Å²) in [4.78, 5) is 0. The van der Waals surface area contributed by atoms with Crippen LogP contribution in [0.15, 0.2) is 505 Å². The van der Waals surface area contributed by atoms with Crippen molar-refractivity contribution in [1.29, 1.82) is 0 Å². The number of benzene rings is 21. The highest BCUT2D eigenvalue weighted by atomic mass is 32.1. The molecule has 0 aliphatic rings. The number of hydrogen-bond donors (Lipinski definition) is 0. The van der Waals surface area contributed by atoms with Crippen molar-refractivity contribution in [1.82, 2.24) is 13.7 Å². The lowest BCUT2D eigenvalue weighted by Gasteiger charge is -2.10. The number of furan rings is 3. The van der Waals surface area contributed by atoms with Gasteiger partial charge in [-0.3, -0.25) is 0 Å². The molecule has 141 heavy (non-hydrogen) atoms. The Hall–Kier alpha value is -17.7. The molecule has 9 heterocycles. The largest absolute Gasteiger partial charge is 0.454 e. The molecule has 0 amide bonds. The average molecular weight is 1850 g/mol. The van der Waals surface area contributed by atoms with Gasteiger partial charge < -0.3 is 27.0 Å². The predicted molar refractivity (Wildman–Crippen MR) is 599 cm³/mol. The van der Waals surface area contributed by atoms with Crippen LogP contribution in [0.5, 0.6) is 0 Å². The molecular weight excluding hydrogens is 1770 g/mol. The SMILES string of the molecule is c1ccc(-c2ccc3c(c2)sc2cc(-c4cccc(-c5ccc6c(c5)oc5c7ccccc7n(-c7ccccc7)c65)c4)ccc23)cc1.c1ccc(-c2cccc3c2sc2c(-c4cccc(-c5ccc6c(c5)oc5c7ccccc7n(-c7ccccc7)c65)c4)cccc23)cc1.c1ccc(-c2cccc3c2sc2cccc(-c4cccc(-c5cccc6c5oc5c7ccccc7n(-c7ccccc7)c65)c4)c23)cc1. The third kappa shape index (κ3) is 13.7. The van der Waals surface area contributed by atoms with Gasteiger partial charge in [-0.05, 0) is 234 Å². The fourth-order valence-electron chi connectivity index (χ4n) is 21.7. The van der Waals surface area contributed by atoms with Crippen LogP contribution in [0.3, 0.4) is 0 Å². The molecule has 660 valence electrons. The Morgan fingerprint density at radius 1 is 0.156 bits per heavy atom. The van der Waals surface area contributed by atoms with Gasteiger partial charge in [0.25, 0.3) is 0 Å². The van der Waals surface area contributed by atoms with E-state index in [1.165, 1.54) is 138 Å². The summed E-state index contributed by atoms with van der Waals surface area (Å²) in [7, 11) is 0. The van der Waals surface area contributed by atoms with Gasteiger partial charge in [0.15, 0.2) is 16.7 Å². The van der Waals surface area contributed by atoms with Gasteiger partial charge in [-0.15, -0.1) is 34.0 Å². The molecule has 30 rings (SSSR count). The van der Waals surface area contributed by atoms with E-state index in [0.29, 0.717) is 0 Å². The van der Waals surface area contributed by atoms with Crippen LogP contribution in [0.1, 0.15) is 0 Å². The van der Waals surface area contributed by atoms with Crippen LogP contribution in [0.2, 0.25) is 0 Å². The highest BCUT2D eigenvalue weighted by Gasteiger charge is 2.27. The molecule has 0 atom stereocenters. The number of hydrogen-bond acceptors (Lipinski definition) is 6. The molecule has 0 aliphatic carbocycles. The van der Waals surface area contributed by atoms with Gasteiger partial charge in [0.05, 0.1) is 16.6 Å². The van der Waals surface area contributed by atoms with E-state index in [1.54, 1.807) is 0 Å². The van der Waals surface area contributed by atoms with E-state index < -0.39 is 0 Å². The smallest absolute Gasteiger partial charge is 0.161 e. The number of nitrogens with zero attached hydrogens (tertiary/aromatic N) is 3. The van der Waals surface area contributed by atoms with Crippen LogP contribution in [0.4, 0.5) is 0 Å². The monoisotopic (exact) mass is 1850 g/mol. The summed E-state index contributed by atoms with van der Waals surface area (Å²) in [5.41, 5.74) is 37.4. The first kappa shape index (κ1) is 81.6. The lowest BCUT2D eigenvalue weighted by Crippen LogP contribution is -1.92. The fraction of sp³-hybridized carbons (Fsp3) is 0. The maximum Gasteiger partial charge on any atom is 0.161 e. The summed E-state index contributed by atoms with van der Waals surface area (Å²) in [6.45, 7) is 0. The molecular formula is C132H81N3O3S3. The number of fused-ring (bicyclic) bond motifs is 24. The van der Waals surface area contributed by atoms with Crippen LogP contribution in [0, 0.1) is 0 Å². The van der Waals surface area contributed by atoms with Crippen molar-refractivity contribution in [3.8, 4) is 117 Å². The van der Waals surface area contributed by atoms with E-state index in [9.17, 15) is 0 Å². The highest BCUT2D eigenvalue weighted by molar-refractivity contribution is 7.27. The molecule has 0 aliphatic heterocycles. The summed E-state index contributed by atoms with van der Waals surface area (Å²) in [5, 5.41) is 14.6. The molecule has 0 saturated carbocycles. The van der Waals surface area contributed by atoms with Gasteiger partial charge in [0.2, 0.25) is 0 Å². The lowest BCUT2D eigenvalue weighted by molar-refractivity contribution is 0.672. The van der Waals surface area contributed by atoms with Crippen LogP contribution in [-0.2, 0) is 0 Å². The molecule has 0 bridgehead atoms. The topological polar surface area (TPSA) is 54.2 Å². The second-order valence-electron chi connectivity index (χ2n) is 36.3. The van der Waals surface area contributed by atoms with E-state index in [4.69, 9.17) is 13.3 Å². The Bertz CT molecular complexity index is 10200. The summed E-state index contributed by atoms with van der Waals surface area (Å²) >= 11 is 5.65. The molecule has 30 aromatic rings. The molecule has 0 spiro atoms. The third-order valence-electron chi connectivity index (χ3n) is 28.2. The summed E-state index contributed by atoms with van der Waals surface area (Å²) in [6, 6.07) is 176. The zero-order valence-corrected chi connectivity index (χ0v) is 78.5. The van der Waals surface area contributed by atoms with E-state index in [-0.39, 0.29) is 0 Å². The zero-order chi connectivity index (χ0) is 92.7. The van der Waals surface area contributed by atoms with Crippen LogP contribution >= 0.6 is 34.0 Å². The van der Waals surface area contributed by atoms with Crippen molar-refractivity contribution in [3.05, 3.63) is 491 Å². The quantitative estimate of drug-likeness (QED) is 0.122. The summed E-state index contributed by atoms with van der Waals surface area (Å²) < 4.78 is 35.0. The Morgan fingerprint density at radius 2 is 0.461 bits per heavy atom. The maximum atomic E-state index is 6.85. The molecule has 9 heteroatoms. The maximum absolute atomic E-state index is 6.85. The van der Waals surface area contributed by atoms with Gasteiger partial charge in [-0.1, -0.05) is 352 Å². The lowest BCUT2D eigenvalue weighted by atomic mass is 9.94. The Labute approximate surface area is 822 Å². The normalized spacial score (nSPS) is 11.8. The first-order valence-corrected chi connectivity index (χ1v) is 50.2. The van der Waals surface area contributed by atoms with E-state index in [0.717, 1.165) is 138 Å².